The van der Waals surface area contributed by atoms with Crippen molar-refractivity contribution in [3.63, 3.8) is 0 Å². The molecule has 7 heteroatoms. The van der Waals surface area contributed by atoms with Crippen LogP contribution in [0.4, 0.5) is 0 Å². The second kappa shape index (κ2) is 8.53. The molecule has 0 bridgehead atoms. The Bertz CT molecular complexity index is 1190. The Hall–Kier alpha value is -3.16. The average molecular weight is 437 g/mol. The molecule has 1 saturated carbocycles. The highest BCUT2D eigenvalue weighted by Gasteiger charge is 2.56. The van der Waals surface area contributed by atoms with Crippen LogP contribution in [0.25, 0.3) is 5.57 Å². The van der Waals surface area contributed by atoms with Crippen molar-refractivity contribution in [1.29, 1.82) is 5.26 Å². The fourth-order valence-electron chi connectivity index (χ4n) is 4.12. The summed E-state index contributed by atoms with van der Waals surface area (Å²) in [5, 5.41) is 13.6. The molecule has 0 heterocycles. The summed E-state index contributed by atoms with van der Waals surface area (Å²) in [6.45, 7) is 5.65. The molecule has 0 amide bonds. The quantitative estimate of drug-likeness (QED) is 0.384. The van der Waals surface area contributed by atoms with E-state index in [1.165, 1.54) is 0 Å². The van der Waals surface area contributed by atoms with Crippen molar-refractivity contribution < 1.29 is 17.5 Å². The molecular formula is C24H24N2O4S. The van der Waals surface area contributed by atoms with Gasteiger partial charge in [-0.3, -0.25) is 9.08 Å². The number of nitrogens with zero attached hydrogens (tertiary/aromatic N) is 2. The first-order valence-corrected chi connectivity index (χ1v) is 11.6. The van der Waals surface area contributed by atoms with Crippen molar-refractivity contribution >= 4 is 27.2 Å². The van der Waals surface area contributed by atoms with E-state index in [9.17, 15) is 18.5 Å². The van der Waals surface area contributed by atoms with Gasteiger partial charge in [0, 0.05) is 18.4 Å². The van der Waals surface area contributed by atoms with Crippen LogP contribution in [-0.4, -0.2) is 25.7 Å². The summed E-state index contributed by atoms with van der Waals surface area (Å²) in [5.74, 6) is 1.10. The van der Waals surface area contributed by atoms with Crippen molar-refractivity contribution in [3.05, 3.63) is 53.1 Å². The number of hydrogen-bond acceptors (Lipinski definition) is 6. The van der Waals surface area contributed by atoms with E-state index >= 15 is 0 Å². The lowest BCUT2D eigenvalue weighted by Gasteiger charge is -2.46. The first kappa shape index (κ1) is 22.5. The van der Waals surface area contributed by atoms with Crippen LogP contribution in [-0.2, 0) is 19.2 Å². The Morgan fingerprint density at radius 3 is 2.68 bits per heavy atom. The summed E-state index contributed by atoms with van der Waals surface area (Å²) in [6, 6.07) is 9.62. The van der Waals surface area contributed by atoms with Crippen LogP contribution in [0.1, 0.15) is 37.8 Å². The normalized spacial score (nSPS) is 25.8. The number of hydrogen-bond donors (Lipinski definition) is 0. The van der Waals surface area contributed by atoms with E-state index in [1.807, 2.05) is 45.0 Å². The van der Waals surface area contributed by atoms with Crippen LogP contribution in [0.3, 0.4) is 0 Å². The van der Waals surface area contributed by atoms with Crippen molar-refractivity contribution in [3.8, 4) is 18.4 Å². The standard InChI is InChI=1S/C24H24N2O4S/c1-5-24(16(2)3)13-23(27)21(24)15-31(28,29)30-26-22-12-8-11-19(22)20(14-25)18-10-7-6-9-17(18)4/h1,6-11,16,21H,12-13,15H2,2-4H3/b20-19+,26-22-. The molecule has 2 aliphatic carbocycles. The van der Waals surface area contributed by atoms with Crippen LogP contribution >= 0.6 is 0 Å². The van der Waals surface area contributed by atoms with Gasteiger partial charge in [-0.15, -0.1) is 6.42 Å². The number of allylic oxidation sites excluding steroid dienone is 4. The number of carbonyl (C=O) groups excluding carboxylic acids is 1. The third-order valence-corrected chi connectivity index (χ3v) is 7.15. The fraction of sp³-hybridized carbons (Fsp3) is 0.375. The Kier molecular flexibility index (Phi) is 6.20. The van der Waals surface area contributed by atoms with Crippen molar-refractivity contribution in [2.24, 2.45) is 22.4 Å². The molecule has 1 aromatic carbocycles. The number of nitriles is 1. The van der Waals surface area contributed by atoms with Gasteiger partial charge in [-0.1, -0.05) is 61.3 Å². The van der Waals surface area contributed by atoms with E-state index < -0.39 is 27.2 Å². The molecule has 6 nitrogen and oxygen atoms in total. The molecule has 0 N–H and O–H groups in total. The molecule has 31 heavy (non-hydrogen) atoms. The highest BCUT2D eigenvalue weighted by molar-refractivity contribution is 7.86. The molecule has 0 spiro atoms. The van der Waals surface area contributed by atoms with Crippen molar-refractivity contribution in [2.75, 3.05) is 5.75 Å². The van der Waals surface area contributed by atoms with Crippen LogP contribution in [0, 0.1) is 47.8 Å². The summed E-state index contributed by atoms with van der Waals surface area (Å²) in [4.78, 5) is 12.1. The van der Waals surface area contributed by atoms with Gasteiger partial charge < -0.3 is 0 Å². The number of ketones is 1. The first-order chi connectivity index (χ1) is 14.6. The number of Topliss-reactive ketones (excluding diaryl/α,β-unsaturated/α-hetero) is 1. The predicted molar refractivity (Wildman–Crippen MR) is 119 cm³/mol. The molecule has 2 aliphatic rings. The van der Waals surface area contributed by atoms with Crippen molar-refractivity contribution in [1.82, 2.24) is 0 Å². The summed E-state index contributed by atoms with van der Waals surface area (Å²) in [5.41, 5.74) is 2.15. The van der Waals surface area contributed by atoms with E-state index in [-0.39, 0.29) is 18.1 Å². The maximum atomic E-state index is 12.6. The monoisotopic (exact) mass is 436 g/mol. The van der Waals surface area contributed by atoms with Gasteiger partial charge >= 0.3 is 10.1 Å². The second-order valence-corrected chi connectivity index (χ2v) is 9.79. The van der Waals surface area contributed by atoms with Gasteiger partial charge in [-0.25, -0.2) is 0 Å². The predicted octanol–water partition coefficient (Wildman–Crippen LogP) is 3.80. The van der Waals surface area contributed by atoms with E-state index in [4.69, 9.17) is 10.7 Å². The number of aryl methyl sites for hydroxylation is 1. The molecule has 0 radical (unpaired) electrons. The summed E-state index contributed by atoms with van der Waals surface area (Å²) in [6.07, 6.45) is 9.67. The lowest BCUT2D eigenvalue weighted by Crippen LogP contribution is -2.53. The maximum Gasteiger partial charge on any atom is 0.329 e. The van der Waals surface area contributed by atoms with Gasteiger partial charge in [-0.2, -0.15) is 13.7 Å². The molecule has 0 aliphatic heterocycles. The molecular weight excluding hydrogens is 412 g/mol. The SMILES string of the molecule is C#CC1(C(C)C)CC(=O)C1CS(=O)(=O)O/N=C1/CC=C/C1=C(/C#N)c1ccccc1C. The molecule has 3 rings (SSSR count). The lowest BCUT2D eigenvalue weighted by molar-refractivity contribution is -0.140. The number of carbonyl (C=O) groups is 1. The van der Waals surface area contributed by atoms with E-state index in [2.05, 4.69) is 17.1 Å². The van der Waals surface area contributed by atoms with Gasteiger partial charge in [0.05, 0.1) is 28.4 Å². The van der Waals surface area contributed by atoms with E-state index in [1.54, 1.807) is 12.2 Å². The van der Waals surface area contributed by atoms with Gasteiger partial charge in [0.1, 0.15) is 11.9 Å². The Labute approximate surface area is 183 Å². The summed E-state index contributed by atoms with van der Waals surface area (Å²) >= 11 is 0. The second-order valence-electron chi connectivity index (χ2n) is 8.19. The zero-order chi connectivity index (χ0) is 22.8. The van der Waals surface area contributed by atoms with Gasteiger partial charge in [-0.05, 0) is 24.0 Å². The zero-order valence-electron chi connectivity index (χ0n) is 17.8. The van der Waals surface area contributed by atoms with Gasteiger partial charge in [0.25, 0.3) is 0 Å². The highest BCUT2D eigenvalue weighted by atomic mass is 32.2. The third-order valence-electron chi connectivity index (χ3n) is 6.11. The minimum absolute atomic E-state index is 0.0393. The molecule has 0 saturated heterocycles. The zero-order valence-corrected chi connectivity index (χ0v) is 18.6. The number of benzene rings is 1. The summed E-state index contributed by atoms with van der Waals surface area (Å²) in [7, 11) is -4.14. The molecule has 2 atom stereocenters. The molecule has 0 aromatic heterocycles. The highest BCUT2D eigenvalue weighted by Crippen LogP contribution is 2.49. The maximum absolute atomic E-state index is 12.6. The van der Waals surface area contributed by atoms with E-state index in [0.29, 0.717) is 23.3 Å². The Balaban J connectivity index is 1.86. The Morgan fingerprint density at radius 2 is 2.10 bits per heavy atom. The summed E-state index contributed by atoms with van der Waals surface area (Å²) < 4.78 is 30.1. The van der Waals surface area contributed by atoms with Gasteiger partial charge in [0.15, 0.2) is 0 Å². The topological polar surface area (TPSA) is 96.6 Å². The Morgan fingerprint density at radius 1 is 1.39 bits per heavy atom. The number of rotatable bonds is 6. The number of oxime groups is 1. The smallest absolute Gasteiger partial charge is 0.299 e. The van der Waals surface area contributed by atoms with Crippen LogP contribution in [0.2, 0.25) is 0 Å². The van der Waals surface area contributed by atoms with Crippen molar-refractivity contribution in [2.45, 2.75) is 33.6 Å². The average Bonchev–Trinajstić information content (AvgIpc) is 3.19. The third kappa shape index (κ3) is 4.19. The minimum Gasteiger partial charge on any atom is -0.299 e. The van der Waals surface area contributed by atoms with E-state index in [0.717, 1.165) is 11.1 Å². The largest absolute Gasteiger partial charge is 0.329 e. The molecule has 1 fully saturated rings. The lowest BCUT2D eigenvalue weighted by atomic mass is 9.55. The van der Waals surface area contributed by atoms with Crippen LogP contribution in [0.5, 0.6) is 0 Å². The molecule has 1 aromatic rings. The minimum atomic E-state index is -4.14. The number of terminal acetylenes is 1. The molecule has 2 unspecified atom stereocenters. The molecule has 160 valence electrons. The van der Waals surface area contributed by atoms with Crippen LogP contribution in [0.15, 0.2) is 47.1 Å². The van der Waals surface area contributed by atoms with Crippen LogP contribution < -0.4 is 0 Å². The van der Waals surface area contributed by atoms with Gasteiger partial charge in [0.2, 0.25) is 0 Å². The fourth-order valence-corrected chi connectivity index (χ4v) is 5.28. The first-order valence-electron chi connectivity index (χ1n) is 10.0.